The molecule has 0 unspecified atom stereocenters. The lowest BCUT2D eigenvalue weighted by Crippen LogP contribution is -2.25. The normalized spacial score (nSPS) is 11.2. The second-order valence-electron chi connectivity index (χ2n) is 7.24. The van der Waals surface area contributed by atoms with Crippen LogP contribution < -0.4 is 4.74 Å². The molecule has 156 valence electrons. The van der Waals surface area contributed by atoms with Crippen molar-refractivity contribution < 1.29 is 28.1 Å². The second kappa shape index (κ2) is 10.1. The maximum atomic E-state index is 13.0. The molecule has 0 N–H and O–H groups in total. The number of carbonyl (C=O) groups excluding carboxylic acids is 1. The monoisotopic (exact) mass is 403 g/mol. The molecule has 0 spiro atoms. The molecule has 6 nitrogen and oxygen atoms in total. The van der Waals surface area contributed by atoms with Gasteiger partial charge in [-0.1, -0.05) is 24.8 Å². The Balaban J connectivity index is 2.31. The largest absolute Gasteiger partial charge is 0.466 e. The van der Waals surface area contributed by atoms with Crippen molar-refractivity contribution in [1.82, 2.24) is 4.98 Å². The van der Waals surface area contributed by atoms with Gasteiger partial charge in [-0.05, 0) is 38.5 Å². The van der Waals surface area contributed by atoms with Crippen LogP contribution >= 0.6 is 0 Å². The number of hydrogen-bond acceptors (Lipinski definition) is 6. The van der Waals surface area contributed by atoms with E-state index in [0.29, 0.717) is 22.6 Å². The Labute approximate surface area is 170 Å². The van der Waals surface area contributed by atoms with E-state index in [2.05, 4.69) is 11.6 Å². The topological polar surface area (TPSA) is 66.9 Å². The van der Waals surface area contributed by atoms with Crippen molar-refractivity contribution in [1.29, 1.82) is 0 Å². The van der Waals surface area contributed by atoms with E-state index in [9.17, 15) is 9.18 Å². The highest BCUT2D eigenvalue weighted by Crippen LogP contribution is 2.31. The van der Waals surface area contributed by atoms with Gasteiger partial charge in [0.05, 0.1) is 25.1 Å². The van der Waals surface area contributed by atoms with E-state index >= 15 is 0 Å². The van der Waals surface area contributed by atoms with Gasteiger partial charge in [0, 0.05) is 12.7 Å². The molecule has 0 aliphatic heterocycles. The molecule has 2 rings (SSSR count). The molecule has 1 aromatic carbocycles. The lowest BCUT2D eigenvalue weighted by Gasteiger charge is -2.23. The lowest BCUT2D eigenvalue weighted by molar-refractivity contribution is 0.00489. The maximum absolute atomic E-state index is 13.0. The lowest BCUT2D eigenvalue weighted by atomic mass is 10.0. The van der Waals surface area contributed by atoms with Gasteiger partial charge in [0.2, 0.25) is 0 Å². The van der Waals surface area contributed by atoms with Crippen molar-refractivity contribution in [3.8, 4) is 5.75 Å². The van der Waals surface area contributed by atoms with Gasteiger partial charge < -0.3 is 18.9 Å². The van der Waals surface area contributed by atoms with Crippen LogP contribution in [0.2, 0.25) is 0 Å². The highest BCUT2D eigenvalue weighted by molar-refractivity contribution is 5.96. The third kappa shape index (κ3) is 6.66. The Morgan fingerprint density at radius 3 is 2.55 bits per heavy atom. The number of ether oxygens (including phenoxy) is 4. The van der Waals surface area contributed by atoms with Crippen molar-refractivity contribution in [2.75, 3.05) is 13.9 Å². The molecule has 1 heterocycles. The number of pyridine rings is 1. The average molecular weight is 403 g/mol. The number of hydrogen-bond donors (Lipinski definition) is 0. The van der Waals surface area contributed by atoms with Crippen molar-refractivity contribution in [2.45, 2.75) is 39.6 Å². The van der Waals surface area contributed by atoms with E-state index in [1.165, 1.54) is 19.2 Å². The van der Waals surface area contributed by atoms with Gasteiger partial charge in [0.1, 0.15) is 22.7 Å². The highest BCUT2D eigenvalue weighted by atomic mass is 19.1. The van der Waals surface area contributed by atoms with E-state index < -0.39 is 17.4 Å². The average Bonchev–Trinajstić information content (AvgIpc) is 2.66. The Morgan fingerprint density at radius 1 is 1.21 bits per heavy atom. The minimum atomic E-state index is -0.685. The number of carbonyl (C=O) groups is 1. The summed E-state index contributed by atoms with van der Waals surface area (Å²) in [4.78, 5) is 16.9. The van der Waals surface area contributed by atoms with Gasteiger partial charge in [-0.2, -0.15) is 0 Å². The zero-order valence-electron chi connectivity index (χ0n) is 17.2. The van der Waals surface area contributed by atoms with E-state index in [4.69, 9.17) is 18.9 Å². The van der Waals surface area contributed by atoms with Crippen LogP contribution in [0.1, 0.15) is 48.0 Å². The van der Waals surface area contributed by atoms with Gasteiger partial charge >= 0.3 is 5.97 Å². The Hall–Kier alpha value is -2.77. The molecule has 0 aliphatic rings. The minimum absolute atomic E-state index is 0.0412. The molecule has 2 aromatic rings. The minimum Gasteiger partial charge on any atom is -0.466 e. The number of nitrogens with zero attached hydrogens (tertiary/aromatic N) is 1. The molecule has 0 bridgehead atoms. The third-order valence-electron chi connectivity index (χ3n) is 3.71. The zero-order valence-corrected chi connectivity index (χ0v) is 17.2. The number of methoxy groups -OCH3 is 1. The molecular weight excluding hydrogens is 377 g/mol. The fourth-order valence-corrected chi connectivity index (χ4v) is 2.50. The molecule has 0 saturated heterocycles. The first kappa shape index (κ1) is 22.5. The highest BCUT2D eigenvalue weighted by Gasteiger charge is 2.26. The van der Waals surface area contributed by atoms with Crippen LogP contribution in [0.5, 0.6) is 5.75 Å². The van der Waals surface area contributed by atoms with Crippen LogP contribution in [0.15, 0.2) is 37.0 Å². The molecule has 0 fully saturated rings. The summed E-state index contributed by atoms with van der Waals surface area (Å²) in [6.07, 6.45) is 2.71. The van der Waals surface area contributed by atoms with Crippen molar-refractivity contribution in [3.05, 3.63) is 65.2 Å². The van der Waals surface area contributed by atoms with Gasteiger partial charge in [-0.15, -0.1) is 0 Å². The quantitative estimate of drug-likeness (QED) is 0.453. The number of aromatic nitrogens is 1. The predicted octanol–water partition coefficient (Wildman–Crippen LogP) is 4.52. The van der Waals surface area contributed by atoms with E-state index in [0.717, 1.165) is 6.20 Å². The first-order valence-corrected chi connectivity index (χ1v) is 9.06. The fourth-order valence-electron chi connectivity index (χ4n) is 2.50. The fraction of sp³-hybridized carbons (Fsp3) is 0.364. The zero-order chi connectivity index (χ0) is 21.4. The van der Waals surface area contributed by atoms with Crippen LogP contribution in [0, 0.1) is 5.82 Å². The van der Waals surface area contributed by atoms with Crippen LogP contribution in [0.3, 0.4) is 0 Å². The maximum Gasteiger partial charge on any atom is 0.342 e. The molecule has 0 saturated carbocycles. The summed E-state index contributed by atoms with van der Waals surface area (Å²) in [5, 5.41) is 0. The summed E-state index contributed by atoms with van der Waals surface area (Å²) in [6.45, 7) is 9.35. The van der Waals surface area contributed by atoms with Gasteiger partial charge in [0.15, 0.2) is 6.79 Å². The van der Waals surface area contributed by atoms with Crippen molar-refractivity contribution in [2.24, 2.45) is 0 Å². The second-order valence-corrected chi connectivity index (χ2v) is 7.24. The summed E-state index contributed by atoms with van der Waals surface area (Å²) < 4.78 is 34.9. The predicted molar refractivity (Wildman–Crippen MR) is 107 cm³/mol. The van der Waals surface area contributed by atoms with Crippen LogP contribution in [-0.2, 0) is 27.4 Å². The van der Waals surface area contributed by atoms with E-state index in [1.807, 2.05) is 0 Å². The summed E-state index contributed by atoms with van der Waals surface area (Å²) in [7, 11) is 1.49. The molecule has 0 atom stereocenters. The molecule has 0 amide bonds. The SMILES string of the molecule is C=Cc1ccc(COCc2ccc(F)cn2)c(C(=O)OC(C)(C)C)c1OCOC. The molecule has 29 heavy (non-hydrogen) atoms. The molecule has 7 heteroatoms. The number of benzene rings is 1. The standard InChI is InChI=1S/C22H26FNO5/c1-6-15-7-8-16(12-27-13-18-10-9-17(23)11-24-18)19(20(15)28-14-26-5)21(25)29-22(2,3)4/h6-11H,1,12-14H2,2-5H3. The van der Waals surface area contributed by atoms with Crippen molar-refractivity contribution >= 4 is 12.0 Å². The Bertz CT molecular complexity index is 844. The third-order valence-corrected chi connectivity index (χ3v) is 3.71. The first-order valence-electron chi connectivity index (χ1n) is 9.06. The Kier molecular flexibility index (Phi) is 7.87. The van der Waals surface area contributed by atoms with Crippen LogP contribution in [-0.4, -0.2) is 30.5 Å². The number of esters is 1. The van der Waals surface area contributed by atoms with E-state index in [1.54, 1.807) is 39.0 Å². The number of rotatable bonds is 9. The van der Waals surface area contributed by atoms with E-state index in [-0.39, 0.29) is 25.6 Å². The molecule has 0 radical (unpaired) electrons. The van der Waals surface area contributed by atoms with Crippen molar-refractivity contribution in [3.63, 3.8) is 0 Å². The van der Waals surface area contributed by atoms with Crippen LogP contribution in [0.25, 0.3) is 6.08 Å². The molecular formula is C22H26FNO5. The summed E-state index contributed by atoms with van der Waals surface area (Å²) >= 11 is 0. The Morgan fingerprint density at radius 2 is 1.97 bits per heavy atom. The molecule has 1 aromatic heterocycles. The van der Waals surface area contributed by atoms with Gasteiger partial charge in [0.25, 0.3) is 0 Å². The van der Waals surface area contributed by atoms with Gasteiger partial charge in [-0.25, -0.2) is 9.18 Å². The summed E-state index contributed by atoms with van der Waals surface area (Å²) in [6, 6.07) is 6.39. The van der Waals surface area contributed by atoms with Gasteiger partial charge in [-0.3, -0.25) is 4.98 Å². The smallest absolute Gasteiger partial charge is 0.342 e. The van der Waals surface area contributed by atoms with Crippen LogP contribution in [0.4, 0.5) is 4.39 Å². The summed E-state index contributed by atoms with van der Waals surface area (Å²) in [5.74, 6) is -0.635. The summed E-state index contributed by atoms with van der Waals surface area (Å²) in [5.41, 5.74) is 1.35. The number of halogens is 1. The molecule has 0 aliphatic carbocycles. The first-order chi connectivity index (χ1) is 13.7.